The zero-order valence-electron chi connectivity index (χ0n) is 5.56. The summed E-state index contributed by atoms with van der Waals surface area (Å²) in [6, 6.07) is 2.68. The number of nitrogens with zero attached hydrogens (tertiary/aromatic N) is 1. The number of primary sulfonamides is 1. The van der Waals surface area contributed by atoms with Crippen LogP contribution in [-0.4, -0.2) is 21.2 Å². The van der Waals surface area contributed by atoms with E-state index in [2.05, 4.69) is 4.98 Å². The Morgan fingerprint density at radius 1 is 1.45 bits per heavy atom. The lowest BCUT2D eigenvalue weighted by Gasteiger charge is -1.95. The summed E-state index contributed by atoms with van der Waals surface area (Å²) in [5.41, 5.74) is 0.400. The van der Waals surface area contributed by atoms with Crippen molar-refractivity contribution in [3.63, 3.8) is 0 Å². The Morgan fingerprint density at radius 3 is 2.45 bits per heavy atom. The number of hydrogen-bond acceptors (Lipinski definition) is 3. The Hall–Kier alpha value is -0.875. The first-order valence-corrected chi connectivity index (χ1v) is 4.29. The molecule has 0 aliphatic rings. The van der Waals surface area contributed by atoms with Gasteiger partial charge in [-0.1, -0.05) is 11.5 Å². The van der Waals surface area contributed by atoms with Crippen LogP contribution in [0.2, 0.25) is 0 Å². The minimum Gasteiger partial charge on any atom is -0.244 e. The number of nitrogens with two attached hydrogens (primary N) is 1. The molecule has 1 aromatic rings. The topological polar surface area (TPSA) is 73.1 Å². The van der Waals surface area contributed by atoms with Gasteiger partial charge in [0.1, 0.15) is 7.85 Å². The second-order valence-electron chi connectivity index (χ2n) is 1.97. The highest BCUT2D eigenvalue weighted by molar-refractivity contribution is 7.89. The zero-order valence-corrected chi connectivity index (χ0v) is 6.38. The van der Waals surface area contributed by atoms with E-state index in [1.165, 1.54) is 18.3 Å². The Morgan fingerprint density at radius 2 is 2.09 bits per heavy atom. The second-order valence-corrected chi connectivity index (χ2v) is 3.48. The van der Waals surface area contributed by atoms with Crippen LogP contribution in [0.3, 0.4) is 0 Å². The first kappa shape index (κ1) is 8.22. The van der Waals surface area contributed by atoms with Gasteiger partial charge in [-0.3, -0.25) is 0 Å². The van der Waals surface area contributed by atoms with E-state index in [9.17, 15) is 8.42 Å². The van der Waals surface area contributed by atoms with Crippen LogP contribution in [0.5, 0.6) is 0 Å². The smallest absolute Gasteiger partial charge is 0.244 e. The van der Waals surface area contributed by atoms with Crippen LogP contribution in [0, 0.1) is 0 Å². The van der Waals surface area contributed by atoms with Crippen LogP contribution in [0.1, 0.15) is 0 Å². The quantitative estimate of drug-likeness (QED) is 0.520. The van der Waals surface area contributed by atoms with Crippen molar-refractivity contribution in [3.05, 3.63) is 18.3 Å². The zero-order chi connectivity index (χ0) is 8.48. The number of pyridine rings is 1. The van der Waals surface area contributed by atoms with Crippen molar-refractivity contribution < 1.29 is 8.42 Å². The fraction of sp³-hybridized carbons (Fsp3) is 0. The molecule has 1 aromatic heterocycles. The van der Waals surface area contributed by atoms with Crippen molar-refractivity contribution >= 4 is 23.3 Å². The van der Waals surface area contributed by atoms with Crippen molar-refractivity contribution in [2.75, 3.05) is 0 Å². The normalized spacial score (nSPS) is 11.4. The summed E-state index contributed by atoms with van der Waals surface area (Å²) in [5.74, 6) is 0. The summed E-state index contributed by atoms with van der Waals surface area (Å²) < 4.78 is 21.2. The average Bonchev–Trinajstić information content (AvgIpc) is 1.86. The predicted octanol–water partition coefficient (Wildman–Crippen LogP) is -1.48. The maximum absolute atomic E-state index is 10.6. The number of hydrogen-bond donors (Lipinski definition) is 1. The summed E-state index contributed by atoms with van der Waals surface area (Å²) in [5, 5.41) is 4.60. The monoisotopic (exact) mass is 168 g/mol. The van der Waals surface area contributed by atoms with Crippen molar-refractivity contribution in [1.82, 2.24) is 4.98 Å². The van der Waals surface area contributed by atoms with Crippen LogP contribution in [-0.2, 0) is 10.0 Å². The predicted molar refractivity (Wildman–Crippen MR) is 41.0 cm³/mol. The van der Waals surface area contributed by atoms with Crippen molar-refractivity contribution in [1.29, 1.82) is 0 Å². The molecule has 2 radical (unpaired) electrons. The van der Waals surface area contributed by atoms with Gasteiger partial charge in [0, 0.05) is 6.20 Å². The molecule has 2 N–H and O–H groups in total. The largest absolute Gasteiger partial charge is 0.255 e. The van der Waals surface area contributed by atoms with Crippen molar-refractivity contribution in [2.45, 2.75) is 5.03 Å². The van der Waals surface area contributed by atoms with Crippen LogP contribution in [0.4, 0.5) is 0 Å². The molecule has 0 aliphatic heterocycles. The highest BCUT2D eigenvalue weighted by atomic mass is 32.2. The Balaban J connectivity index is 3.20. The van der Waals surface area contributed by atoms with Crippen LogP contribution in [0.15, 0.2) is 23.4 Å². The third-order valence-electron chi connectivity index (χ3n) is 1.05. The van der Waals surface area contributed by atoms with Crippen LogP contribution >= 0.6 is 0 Å². The molecule has 0 amide bonds. The van der Waals surface area contributed by atoms with E-state index in [1.54, 1.807) is 0 Å². The number of sulfonamides is 1. The minimum atomic E-state index is -3.69. The first-order valence-electron chi connectivity index (χ1n) is 2.74. The molecular formula is C5H5BN2O2S. The van der Waals surface area contributed by atoms with Gasteiger partial charge < -0.3 is 0 Å². The van der Waals surface area contributed by atoms with Gasteiger partial charge in [0.15, 0.2) is 5.03 Å². The van der Waals surface area contributed by atoms with Gasteiger partial charge in [0.25, 0.3) is 10.0 Å². The molecular weight excluding hydrogens is 163 g/mol. The number of rotatable bonds is 1. The molecule has 0 unspecified atom stereocenters. The first-order chi connectivity index (χ1) is 5.00. The van der Waals surface area contributed by atoms with Gasteiger partial charge >= 0.3 is 0 Å². The van der Waals surface area contributed by atoms with Gasteiger partial charge in [0.2, 0.25) is 0 Å². The van der Waals surface area contributed by atoms with E-state index >= 15 is 0 Å². The van der Waals surface area contributed by atoms with Gasteiger partial charge in [-0.2, -0.15) is 0 Å². The minimum absolute atomic E-state index is 0.174. The molecule has 56 valence electrons. The van der Waals surface area contributed by atoms with Crippen LogP contribution < -0.4 is 10.6 Å². The van der Waals surface area contributed by atoms with E-state index in [1.807, 2.05) is 0 Å². The Kier molecular flexibility index (Phi) is 1.97. The van der Waals surface area contributed by atoms with Gasteiger partial charge in [-0.05, 0) is 6.07 Å². The second kappa shape index (κ2) is 2.63. The molecule has 0 bridgehead atoms. The summed E-state index contributed by atoms with van der Waals surface area (Å²) in [6.45, 7) is 0. The Bertz CT molecular complexity index is 345. The molecule has 1 rings (SSSR count). The molecule has 0 saturated heterocycles. The maximum Gasteiger partial charge on any atom is 0.255 e. The van der Waals surface area contributed by atoms with E-state index in [-0.39, 0.29) is 5.03 Å². The highest BCUT2D eigenvalue weighted by Gasteiger charge is 2.06. The molecule has 11 heavy (non-hydrogen) atoms. The molecule has 0 aliphatic carbocycles. The van der Waals surface area contributed by atoms with E-state index in [0.29, 0.717) is 5.46 Å². The van der Waals surface area contributed by atoms with Gasteiger partial charge in [-0.25, -0.2) is 18.5 Å². The summed E-state index contributed by atoms with van der Waals surface area (Å²) >= 11 is 0. The lowest BCUT2D eigenvalue weighted by Crippen LogP contribution is -2.15. The SMILES string of the molecule is [B]c1ccc(S(N)(=O)=O)nc1. The Labute approximate surface area is 65.9 Å². The van der Waals surface area contributed by atoms with E-state index in [0.717, 1.165) is 0 Å². The average molecular weight is 168 g/mol. The van der Waals surface area contributed by atoms with Crippen molar-refractivity contribution in [3.8, 4) is 0 Å². The summed E-state index contributed by atoms with van der Waals surface area (Å²) in [7, 11) is 1.59. The standard InChI is InChI=1S/C5H5BN2O2S/c6-4-1-2-5(8-3-4)11(7,9)10/h1-3H,(H2,7,9,10). The van der Waals surface area contributed by atoms with E-state index < -0.39 is 10.0 Å². The third-order valence-corrected chi connectivity index (χ3v) is 1.88. The molecule has 4 nitrogen and oxygen atoms in total. The van der Waals surface area contributed by atoms with Crippen molar-refractivity contribution in [2.24, 2.45) is 5.14 Å². The third kappa shape index (κ3) is 2.02. The fourth-order valence-electron chi connectivity index (χ4n) is 0.560. The molecule has 0 fully saturated rings. The molecule has 0 atom stereocenters. The number of aromatic nitrogens is 1. The molecule has 0 aromatic carbocycles. The molecule has 0 saturated carbocycles. The molecule has 6 heteroatoms. The van der Waals surface area contributed by atoms with Gasteiger partial charge in [0.05, 0.1) is 0 Å². The molecule has 1 heterocycles. The van der Waals surface area contributed by atoms with Gasteiger partial charge in [-0.15, -0.1) is 0 Å². The summed E-state index contributed by atoms with van der Waals surface area (Å²) in [4.78, 5) is 3.51. The van der Waals surface area contributed by atoms with Crippen LogP contribution in [0.25, 0.3) is 0 Å². The van der Waals surface area contributed by atoms with E-state index in [4.69, 9.17) is 13.0 Å². The highest BCUT2D eigenvalue weighted by Crippen LogP contribution is 1.96. The molecule has 0 spiro atoms. The lowest BCUT2D eigenvalue weighted by atomic mass is 9.99. The fourth-order valence-corrected chi connectivity index (χ4v) is 1.02. The lowest BCUT2D eigenvalue weighted by molar-refractivity contribution is 0.594. The summed E-state index contributed by atoms with van der Waals surface area (Å²) in [6.07, 6.45) is 1.24. The maximum atomic E-state index is 10.6.